The topological polar surface area (TPSA) is 34.4 Å². The van der Waals surface area contributed by atoms with Gasteiger partial charge in [0, 0.05) is 6.42 Å². The first-order valence-corrected chi connectivity index (χ1v) is 6.00. The first kappa shape index (κ1) is 11.6. The third kappa shape index (κ3) is 2.60. The van der Waals surface area contributed by atoms with E-state index in [2.05, 4.69) is 18.3 Å². The van der Waals surface area contributed by atoms with Crippen molar-refractivity contribution in [2.75, 3.05) is 13.2 Å². The first-order chi connectivity index (χ1) is 7.81. The van der Waals surface area contributed by atoms with Crippen molar-refractivity contribution >= 4 is 11.6 Å². The van der Waals surface area contributed by atoms with Gasteiger partial charge in [0.25, 0.3) is 0 Å². The summed E-state index contributed by atoms with van der Waals surface area (Å²) in [5.41, 5.74) is 0. The van der Waals surface area contributed by atoms with Crippen LogP contribution in [0.25, 0.3) is 0 Å². The van der Waals surface area contributed by atoms with Crippen LogP contribution in [0.2, 0.25) is 5.22 Å². The number of ether oxygens (including phenoxy) is 1. The highest BCUT2D eigenvalue weighted by Crippen LogP contribution is 2.29. The normalized spacial score (nSPS) is 17.0. The van der Waals surface area contributed by atoms with Crippen LogP contribution in [0.5, 0.6) is 0 Å². The third-order valence-corrected chi connectivity index (χ3v) is 2.70. The molecule has 0 bridgehead atoms. The van der Waals surface area contributed by atoms with E-state index in [1.54, 1.807) is 6.07 Å². The Bertz CT molecular complexity index is 373. The molecule has 1 aromatic heterocycles. The summed E-state index contributed by atoms with van der Waals surface area (Å²) in [7, 11) is 0. The molecule has 0 aliphatic carbocycles. The number of nitrogens with one attached hydrogen (secondary N) is 1. The Hall–Kier alpha value is -0.930. The average molecular weight is 242 g/mol. The smallest absolute Gasteiger partial charge is 0.193 e. The van der Waals surface area contributed by atoms with Crippen LogP contribution in [0.15, 0.2) is 28.4 Å². The van der Waals surface area contributed by atoms with Crippen molar-refractivity contribution in [1.82, 2.24) is 5.32 Å². The summed E-state index contributed by atoms with van der Waals surface area (Å²) in [6, 6.07) is 3.64. The highest BCUT2D eigenvalue weighted by atomic mass is 35.5. The Morgan fingerprint density at radius 2 is 2.38 bits per heavy atom. The van der Waals surface area contributed by atoms with Crippen molar-refractivity contribution in [2.45, 2.75) is 25.8 Å². The molecule has 16 heavy (non-hydrogen) atoms. The van der Waals surface area contributed by atoms with Crippen LogP contribution in [0.3, 0.4) is 0 Å². The molecule has 0 radical (unpaired) electrons. The molecule has 3 nitrogen and oxygen atoms in total. The van der Waals surface area contributed by atoms with Gasteiger partial charge in [-0.15, -0.1) is 0 Å². The molecular formula is C12H16ClNO2. The minimum atomic E-state index is -0.00468. The van der Waals surface area contributed by atoms with Crippen molar-refractivity contribution in [3.05, 3.63) is 34.9 Å². The van der Waals surface area contributed by atoms with E-state index in [0.29, 0.717) is 5.22 Å². The second-order valence-corrected chi connectivity index (χ2v) is 4.15. The fraction of sp³-hybridized carbons (Fsp3) is 0.500. The quantitative estimate of drug-likeness (QED) is 0.859. The summed E-state index contributed by atoms with van der Waals surface area (Å²) in [6.07, 6.45) is 4.13. The molecule has 2 heterocycles. The van der Waals surface area contributed by atoms with Crippen LogP contribution in [0, 0.1) is 0 Å². The highest BCUT2D eigenvalue weighted by Gasteiger charge is 2.23. The van der Waals surface area contributed by atoms with Crippen molar-refractivity contribution in [3.63, 3.8) is 0 Å². The van der Waals surface area contributed by atoms with Crippen LogP contribution >= 0.6 is 11.6 Å². The van der Waals surface area contributed by atoms with Gasteiger partial charge in [-0.25, -0.2) is 0 Å². The van der Waals surface area contributed by atoms with E-state index in [4.69, 9.17) is 20.8 Å². The van der Waals surface area contributed by atoms with Crippen molar-refractivity contribution in [2.24, 2.45) is 0 Å². The van der Waals surface area contributed by atoms with E-state index in [1.807, 2.05) is 6.07 Å². The van der Waals surface area contributed by atoms with E-state index in [1.165, 1.54) is 0 Å². The molecule has 1 atom stereocenters. The van der Waals surface area contributed by atoms with Gasteiger partial charge in [-0.2, -0.15) is 0 Å². The Labute approximate surface area is 100 Å². The fourth-order valence-electron chi connectivity index (χ4n) is 1.75. The maximum atomic E-state index is 5.79. The monoisotopic (exact) mass is 241 g/mol. The van der Waals surface area contributed by atoms with E-state index < -0.39 is 0 Å². The van der Waals surface area contributed by atoms with Crippen molar-refractivity contribution in [3.8, 4) is 0 Å². The average Bonchev–Trinajstić information content (AvgIpc) is 2.91. The molecule has 1 aromatic rings. The molecule has 1 aliphatic heterocycles. The summed E-state index contributed by atoms with van der Waals surface area (Å²) in [6.45, 7) is 3.81. The van der Waals surface area contributed by atoms with Gasteiger partial charge in [-0.05, 0) is 42.8 Å². The summed E-state index contributed by atoms with van der Waals surface area (Å²) >= 11 is 5.79. The van der Waals surface area contributed by atoms with Gasteiger partial charge in [0.2, 0.25) is 0 Å². The number of rotatable bonds is 5. The Balaban J connectivity index is 2.13. The van der Waals surface area contributed by atoms with Gasteiger partial charge in [-0.1, -0.05) is 6.92 Å². The Morgan fingerprint density at radius 3 is 2.94 bits per heavy atom. The maximum Gasteiger partial charge on any atom is 0.193 e. The summed E-state index contributed by atoms with van der Waals surface area (Å²) in [5, 5.41) is 3.81. The van der Waals surface area contributed by atoms with E-state index in [-0.39, 0.29) is 6.04 Å². The summed E-state index contributed by atoms with van der Waals surface area (Å²) in [5.74, 6) is 1.76. The van der Waals surface area contributed by atoms with Crippen LogP contribution in [0.1, 0.15) is 31.6 Å². The van der Waals surface area contributed by atoms with Gasteiger partial charge in [0.05, 0.1) is 6.61 Å². The number of hydrogen-bond acceptors (Lipinski definition) is 3. The van der Waals surface area contributed by atoms with Gasteiger partial charge in [-0.3, -0.25) is 0 Å². The molecule has 1 aliphatic rings. The summed E-state index contributed by atoms with van der Waals surface area (Å²) in [4.78, 5) is 0. The van der Waals surface area contributed by atoms with Crippen LogP contribution < -0.4 is 5.32 Å². The lowest BCUT2D eigenvalue weighted by Gasteiger charge is -2.17. The Kier molecular flexibility index (Phi) is 3.91. The number of halogens is 1. The molecule has 0 amide bonds. The summed E-state index contributed by atoms with van der Waals surface area (Å²) < 4.78 is 11.0. The molecule has 2 rings (SSSR count). The van der Waals surface area contributed by atoms with Crippen molar-refractivity contribution in [1.29, 1.82) is 0 Å². The second kappa shape index (κ2) is 5.41. The minimum Gasteiger partial charge on any atom is -0.496 e. The van der Waals surface area contributed by atoms with E-state index >= 15 is 0 Å². The predicted octanol–water partition coefficient (Wildman–Crippen LogP) is 3.28. The molecule has 1 N–H and O–H groups in total. The van der Waals surface area contributed by atoms with Gasteiger partial charge < -0.3 is 14.5 Å². The molecule has 88 valence electrons. The van der Waals surface area contributed by atoms with Crippen LogP contribution in [-0.4, -0.2) is 13.2 Å². The van der Waals surface area contributed by atoms with Gasteiger partial charge >= 0.3 is 0 Å². The zero-order chi connectivity index (χ0) is 11.4. The van der Waals surface area contributed by atoms with Crippen LogP contribution in [0.4, 0.5) is 0 Å². The van der Waals surface area contributed by atoms with Gasteiger partial charge in [0.15, 0.2) is 5.22 Å². The van der Waals surface area contributed by atoms with Crippen LogP contribution in [-0.2, 0) is 4.74 Å². The molecule has 0 aromatic carbocycles. The lowest BCUT2D eigenvalue weighted by Crippen LogP contribution is -2.23. The lowest BCUT2D eigenvalue weighted by molar-refractivity contribution is 0.207. The molecule has 4 heteroatoms. The maximum absolute atomic E-state index is 5.79. The highest BCUT2D eigenvalue weighted by molar-refractivity contribution is 6.28. The molecule has 0 saturated carbocycles. The SMILES string of the molecule is CCCNC(C1=CCCO1)c1ccc(Cl)o1. The zero-order valence-electron chi connectivity index (χ0n) is 9.33. The molecular weight excluding hydrogens is 226 g/mol. The van der Waals surface area contributed by atoms with E-state index in [0.717, 1.165) is 37.5 Å². The first-order valence-electron chi connectivity index (χ1n) is 5.62. The minimum absolute atomic E-state index is 0.00468. The molecule has 0 spiro atoms. The molecule has 0 fully saturated rings. The molecule has 1 unspecified atom stereocenters. The third-order valence-electron chi connectivity index (χ3n) is 2.49. The largest absolute Gasteiger partial charge is 0.496 e. The van der Waals surface area contributed by atoms with Gasteiger partial charge in [0.1, 0.15) is 17.6 Å². The van der Waals surface area contributed by atoms with Crippen molar-refractivity contribution < 1.29 is 9.15 Å². The lowest BCUT2D eigenvalue weighted by atomic mass is 10.1. The number of furan rings is 1. The standard InChI is InChI=1S/C12H16ClNO2/c1-2-7-14-12(9-4-3-8-15-9)10-5-6-11(13)16-10/h4-6,12,14H,2-3,7-8H2,1H3. The Morgan fingerprint density at radius 1 is 1.50 bits per heavy atom. The molecule has 0 saturated heterocycles. The fourth-order valence-corrected chi connectivity index (χ4v) is 1.90. The second-order valence-electron chi connectivity index (χ2n) is 3.77. The van der Waals surface area contributed by atoms with E-state index in [9.17, 15) is 0 Å². The zero-order valence-corrected chi connectivity index (χ0v) is 10.1. The predicted molar refractivity (Wildman–Crippen MR) is 63.4 cm³/mol. The number of hydrogen-bond donors (Lipinski definition) is 1.